The quantitative estimate of drug-likeness (QED) is 0.255. The topological polar surface area (TPSA) is 75.8 Å². The van der Waals surface area contributed by atoms with Gasteiger partial charge in [0, 0.05) is 6.54 Å². The van der Waals surface area contributed by atoms with E-state index in [0.717, 1.165) is 39.9 Å². The minimum atomic E-state index is -3.35. The summed E-state index contributed by atoms with van der Waals surface area (Å²) in [6.07, 6.45) is 0.0614. The average molecular weight is 542 g/mol. The van der Waals surface area contributed by atoms with Crippen molar-refractivity contribution in [2.75, 3.05) is 14.1 Å². The van der Waals surface area contributed by atoms with Crippen molar-refractivity contribution in [1.29, 1.82) is 0 Å². The molecule has 0 heterocycles. The molecule has 4 aromatic rings. The van der Waals surface area contributed by atoms with E-state index in [9.17, 15) is 9.00 Å². The molecular formula is C33H39N3O2S. The van der Waals surface area contributed by atoms with Gasteiger partial charge in [-0.25, -0.2) is 9.35 Å². The molecule has 4 rings (SSSR count). The van der Waals surface area contributed by atoms with Gasteiger partial charge in [0.2, 0.25) is 0 Å². The van der Waals surface area contributed by atoms with Gasteiger partial charge in [-0.2, -0.15) is 0 Å². The number of amides is 1. The zero-order valence-corrected chi connectivity index (χ0v) is 24.6. The number of hydrogen-bond donors (Lipinski definition) is 1. The minimum absolute atomic E-state index is 0.0614. The van der Waals surface area contributed by atoms with Gasteiger partial charge < -0.3 is 4.90 Å². The van der Waals surface area contributed by atoms with Crippen molar-refractivity contribution in [2.45, 2.75) is 57.4 Å². The first kappa shape index (κ1) is 28.7. The van der Waals surface area contributed by atoms with Crippen LogP contribution in [0.25, 0.3) is 21.9 Å². The fraction of sp³-hybridized carbons (Fsp3) is 0.303. The molecule has 0 fully saturated rings. The Morgan fingerprint density at radius 1 is 0.821 bits per heavy atom. The molecule has 2 N–H and O–H groups in total. The van der Waals surface area contributed by atoms with E-state index >= 15 is 0 Å². The summed E-state index contributed by atoms with van der Waals surface area (Å²) in [5.74, 6) is -0.0866. The van der Waals surface area contributed by atoms with Crippen LogP contribution in [-0.2, 0) is 27.7 Å². The summed E-state index contributed by atoms with van der Waals surface area (Å²) in [5, 5.41) is 8.51. The third-order valence-electron chi connectivity index (χ3n) is 6.97. The maximum absolute atomic E-state index is 13.3. The number of nitrogens with zero attached hydrogens (tertiary/aromatic N) is 2. The monoisotopic (exact) mass is 541 g/mol. The van der Waals surface area contributed by atoms with E-state index in [1.807, 2.05) is 37.2 Å². The normalized spacial score (nSPS) is 13.3. The van der Waals surface area contributed by atoms with Gasteiger partial charge in [0.25, 0.3) is 5.91 Å². The lowest BCUT2D eigenvalue weighted by atomic mass is 9.83. The number of benzene rings is 4. The van der Waals surface area contributed by atoms with Crippen LogP contribution in [0.2, 0.25) is 0 Å². The number of rotatable bonds is 8. The van der Waals surface area contributed by atoms with Gasteiger partial charge in [-0.3, -0.25) is 4.79 Å². The van der Waals surface area contributed by atoms with E-state index in [0.29, 0.717) is 4.90 Å². The van der Waals surface area contributed by atoms with Crippen LogP contribution in [0.4, 0.5) is 0 Å². The van der Waals surface area contributed by atoms with Gasteiger partial charge in [-0.1, -0.05) is 88.4 Å². The molecule has 1 amide bonds. The van der Waals surface area contributed by atoms with E-state index in [1.165, 1.54) is 10.8 Å². The molecule has 0 aromatic heterocycles. The molecule has 0 aliphatic heterocycles. The second-order valence-corrected chi connectivity index (χ2v) is 12.9. The number of fused-ring (bicyclic) bond motifs is 1. The summed E-state index contributed by atoms with van der Waals surface area (Å²) >= 11 is 0. The van der Waals surface area contributed by atoms with Crippen LogP contribution in [0.1, 0.15) is 61.8 Å². The molecule has 204 valence electrons. The van der Waals surface area contributed by atoms with Crippen LogP contribution in [0, 0.1) is 0 Å². The van der Waals surface area contributed by atoms with Crippen molar-refractivity contribution in [1.82, 2.24) is 4.90 Å². The van der Waals surface area contributed by atoms with Crippen molar-refractivity contribution in [3.8, 4) is 11.1 Å². The highest BCUT2D eigenvalue weighted by Gasteiger charge is 2.20. The van der Waals surface area contributed by atoms with Crippen LogP contribution in [0.15, 0.2) is 88.1 Å². The lowest BCUT2D eigenvalue weighted by Gasteiger charge is -2.21. The maximum Gasteiger partial charge on any atom is 0.259 e. The SMILES string of the molecule is CC(C)c1cc(-c2ccc3ccccc3c2)cc(C(C)C)c1CC(=O)N=S(N)(=O)c1ccc(CN(C)C)cc1. The fourth-order valence-corrected chi connectivity index (χ4v) is 6.03. The Bertz CT molecular complexity index is 1580. The van der Waals surface area contributed by atoms with Crippen LogP contribution >= 0.6 is 0 Å². The predicted molar refractivity (Wildman–Crippen MR) is 163 cm³/mol. The largest absolute Gasteiger partial charge is 0.305 e. The Morgan fingerprint density at radius 2 is 1.41 bits per heavy atom. The predicted octanol–water partition coefficient (Wildman–Crippen LogP) is 7.29. The third-order valence-corrected chi connectivity index (χ3v) is 8.39. The van der Waals surface area contributed by atoms with E-state index in [2.05, 4.69) is 80.6 Å². The average Bonchev–Trinajstić information content (AvgIpc) is 2.87. The molecular weight excluding hydrogens is 502 g/mol. The molecule has 0 saturated heterocycles. The number of hydrogen-bond acceptors (Lipinski definition) is 3. The summed E-state index contributed by atoms with van der Waals surface area (Å²) < 4.78 is 17.3. The Kier molecular flexibility index (Phi) is 8.70. The van der Waals surface area contributed by atoms with E-state index < -0.39 is 15.8 Å². The highest BCUT2D eigenvalue weighted by molar-refractivity contribution is 7.91. The van der Waals surface area contributed by atoms with Crippen molar-refractivity contribution >= 4 is 26.6 Å². The fourth-order valence-electron chi connectivity index (χ4n) is 5.03. The van der Waals surface area contributed by atoms with Gasteiger partial charge in [0.15, 0.2) is 0 Å². The second-order valence-electron chi connectivity index (χ2n) is 11.1. The molecule has 6 heteroatoms. The van der Waals surface area contributed by atoms with E-state index in [1.54, 1.807) is 12.1 Å². The van der Waals surface area contributed by atoms with Gasteiger partial charge in [0.05, 0.1) is 11.3 Å². The van der Waals surface area contributed by atoms with Crippen LogP contribution < -0.4 is 5.14 Å². The molecule has 0 aliphatic carbocycles. The molecule has 5 nitrogen and oxygen atoms in total. The van der Waals surface area contributed by atoms with Gasteiger partial charge >= 0.3 is 0 Å². The highest BCUT2D eigenvalue weighted by atomic mass is 32.2. The Labute approximate surface area is 233 Å². The van der Waals surface area contributed by atoms with E-state index in [4.69, 9.17) is 5.14 Å². The lowest BCUT2D eigenvalue weighted by molar-refractivity contribution is -0.117. The first-order valence-electron chi connectivity index (χ1n) is 13.4. The van der Waals surface area contributed by atoms with Crippen molar-refractivity contribution in [3.05, 3.63) is 101 Å². The number of carbonyl (C=O) groups excluding carboxylic acids is 1. The highest BCUT2D eigenvalue weighted by Crippen LogP contribution is 2.35. The Morgan fingerprint density at radius 3 is 1.97 bits per heavy atom. The first-order valence-corrected chi connectivity index (χ1v) is 15.0. The van der Waals surface area contributed by atoms with Gasteiger partial charge in [-0.05, 0) is 88.3 Å². The zero-order valence-electron chi connectivity index (χ0n) is 23.8. The zero-order chi connectivity index (χ0) is 28.3. The lowest BCUT2D eigenvalue weighted by Crippen LogP contribution is -2.17. The molecule has 0 saturated carbocycles. The van der Waals surface area contributed by atoms with Crippen LogP contribution in [0.3, 0.4) is 0 Å². The second kappa shape index (κ2) is 11.8. The number of carbonyl (C=O) groups is 1. The summed E-state index contributed by atoms with van der Waals surface area (Å²) in [7, 11) is 0.619. The number of nitrogens with two attached hydrogens (primary N) is 1. The van der Waals surface area contributed by atoms with Gasteiger partial charge in [0.1, 0.15) is 9.92 Å². The smallest absolute Gasteiger partial charge is 0.259 e. The Hall–Kier alpha value is -3.32. The van der Waals surface area contributed by atoms with Crippen molar-refractivity contribution in [2.24, 2.45) is 9.50 Å². The molecule has 0 aliphatic rings. The molecule has 4 aromatic carbocycles. The molecule has 1 atom stereocenters. The standard InChI is InChI=1S/C33H39N3O2S/c1-22(2)30-18-28(27-14-13-25-9-7-8-10-26(25)17-27)19-31(23(3)4)32(30)20-33(37)35-39(34,38)29-15-11-24(12-16-29)21-36(5)6/h7-19,22-23H,20-21H2,1-6H3,(H2,34,35,37,38). The summed E-state index contributed by atoms with van der Waals surface area (Å²) in [6, 6.07) is 26.4. The minimum Gasteiger partial charge on any atom is -0.305 e. The molecule has 39 heavy (non-hydrogen) atoms. The molecule has 0 bridgehead atoms. The summed E-state index contributed by atoms with van der Waals surface area (Å²) in [4.78, 5) is 15.6. The van der Waals surface area contributed by atoms with Crippen molar-refractivity contribution < 1.29 is 9.00 Å². The molecule has 0 radical (unpaired) electrons. The Balaban J connectivity index is 1.71. The molecule has 1 unspecified atom stereocenters. The summed E-state index contributed by atoms with van der Waals surface area (Å²) in [6.45, 7) is 9.30. The third kappa shape index (κ3) is 6.82. The molecule has 0 spiro atoms. The maximum atomic E-state index is 13.3. The van der Waals surface area contributed by atoms with Crippen LogP contribution in [-0.4, -0.2) is 29.1 Å². The van der Waals surface area contributed by atoms with Crippen LogP contribution in [0.5, 0.6) is 0 Å². The first-order chi connectivity index (χ1) is 18.4. The van der Waals surface area contributed by atoms with Gasteiger partial charge in [-0.15, -0.1) is 4.36 Å². The van der Waals surface area contributed by atoms with E-state index in [-0.39, 0.29) is 18.3 Å². The van der Waals surface area contributed by atoms with Crippen molar-refractivity contribution in [3.63, 3.8) is 0 Å². The summed E-state index contributed by atoms with van der Waals surface area (Å²) in [5.41, 5.74) is 6.49.